The Balaban J connectivity index is 2.69. The number of hydrogen-bond donors (Lipinski definition) is 0. The van der Waals surface area contributed by atoms with Crippen molar-refractivity contribution < 1.29 is 0 Å². The first-order valence-electron chi connectivity index (χ1n) is 3.67. The van der Waals surface area contributed by atoms with E-state index in [4.69, 9.17) is 0 Å². The fraction of sp³-hybridized carbons (Fsp3) is 0.300. The highest BCUT2D eigenvalue weighted by Gasteiger charge is 1.90. The summed E-state index contributed by atoms with van der Waals surface area (Å²) in [4.78, 5) is 0. The van der Waals surface area contributed by atoms with Gasteiger partial charge in [0.2, 0.25) is 0 Å². The van der Waals surface area contributed by atoms with Gasteiger partial charge in [-0.1, -0.05) is 29.8 Å². The molecule has 0 spiro atoms. The predicted molar refractivity (Wildman–Crippen MR) is 44.9 cm³/mol. The van der Waals surface area contributed by atoms with Gasteiger partial charge in [0.15, 0.2) is 0 Å². The summed E-state index contributed by atoms with van der Waals surface area (Å²) in [6.07, 6.45) is 2.09. The van der Waals surface area contributed by atoms with E-state index in [0.717, 1.165) is 12.8 Å². The van der Waals surface area contributed by atoms with Gasteiger partial charge in [-0.05, 0) is 12.5 Å². The van der Waals surface area contributed by atoms with Gasteiger partial charge in [-0.3, -0.25) is 0 Å². The largest absolute Gasteiger partial charge is 0.0890 e. The van der Waals surface area contributed by atoms with Crippen LogP contribution in [0.15, 0.2) is 24.3 Å². The molecule has 0 saturated carbocycles. The van der Waals surface area contributed by atoms with E-state index in [9.17, 15) is 0 Å². The second-order valence-corrected chi connectivity index (χ2v) is 2.59. The van der Waals surface area contributed by atoms with Gasteiger partial charge in [-0.15, -0.1) is 0 Å². The minimum absolute atomic E-state index is 0.989. The van der Waals surface area contributed by atoms with Crippen molar-refractivity contribution >= 4 is 0 Å². The Bertz CT molecular complexity index is 184. The molecule has 0 bridgehead atoms. The van der Waals surface area contributed by atoms with E-state index in [2.05, 4.69) is 38.1 Å². The van der Waals surface area contributed by atoms with Crippen molar-refractivity contribution in [3.63, 3.8) is 0 Å². The van der Waals surface area contributed by atoms with Crippen LogP contribution in [0.5, 0.6) is 0 Å². The van der Waals surface area contributed by atoms with E-state index in [1.165, 1.54) is 11.1 Å². The quantitative estimate of drug-likeness (QED) is 0.544. The van der Waals surface area contributed by atoms with Gasteiger partial charge in [-0.2, -0.15) is 0 Å². The molecule has 1 aromatic rings. The Morgan fingerprint density at radius 2 is 1.80 bits per heavy atom. The van der Waals surface area contributed by atoms with Crippen molar-refractivity contribution in [2.75, 3.05) is 0 Å². The summed E-state index contributed by atoms with van der Waals surface area (Å²) >= 11 is 0. The highest BCUT2D eigenvalue weighted by atomic mass is 13.9. The second-order valence-electron chi connectivity index (χ2n) is 2.59. The molecule has 0 aliphatic carbocycles. The molecule has 0 nitrogen and oxygen atoms in total. The van der Waals surface area contributed by atoms with Crippen LogP contribution in [-0.4, -0.2) is 0 Å². The molecule has 52 valence electrons. The first kappa shape index (κ1) is 7.20. The Morgan fingerprint density at radius 3 is 2.30 bits per heavy atom. The minimum Gasteiger partial charge on any atom is -0.0590 e. The summed E-state index contributed by atoms with van der Waals surface area (Å²) < 4.78 is 0. The van der Waals surface area contributed by atoms with E-state index >= 15 is 0 Å². The molecular formula is C10H13+. The Labute approximate surface area is 62.9 Å². The summed E-state index contributed by atoms with van der Waals surface area (Å²) in [5.41, 5.74) is 2.72. The average molecular weight is 133 g/mol. The van der Waals surface area contributed by atoms with Crippen molar-refractivity contribution in [2.24, 2.45) is 0 Å². The standard InChI is InChI=1S/C10H13/c1-3-4-10-7-5-9(2)6-8-10/h5-8H,1,3-4H2,2H3/q+1. The predicted octanol–water partition coefficient (Wildman–Crippen LogP) is 2.76. The van der Waals surface area contributed by atoms with Crippen molar-refractivity contribution in [1.82, 2.24) is 0 Å². The summed E-state index contributed by atoms with van der Waals surface area (Å²) in [6.45, 7) is 5.91. The van der Waals surface area contributed by atoms with Crippen LogP contribution >= 0.6 is 0 Å². The fourth-order valence-corrected chi connectivity index (χ4v) is 0.959. The molecule has 0 heterocycles. The lowest BCUT2D eigenvalue weighted by Gasteiger charge is -1.95. The summed E-state index contributed by atoms with van der Waals surface area (Å²) in [5, 5.41) is 0. The first-order valence-corrected chi connectivity index (χ1v) is 3.67. The fourth-order valence-electron chi connectivity index (χ4n) is 0.959. The molecule has 0 radical (unpaired) electrons. The lowest BCUT2D eigenvalue weighted by Crippen LogP contribution is -1.81. The van der Waals surface area contributed by atoms with Crippen LogP contribution in [0.25, 0.3) is 0 Å². The summed E-state index contributed by atoms with van der Waals surface area (Å²) in [7, 11) is 0. The monoisotopic (exact) mass is 133 g/mol. The molecule has 0 aromatic heterocycles. The van der Waals surface area contributed by atoms with Crippen LogP contribution in [-0.2, 0) is 6.42 Å². The van der Waals surface area contributed by atoms with Gasteiger partial charge in [0.1, 0.15) is 0 Å². The first-order chi connectivity index (χ1) is 4.83. The molecule has 0 heteroatoms. The third kappa shape index (κ3) is 1.80. The van der Waals surface area contributed by atoms with Gasteiger partial charge in [0.25, 0.3) is 0 Å². The van der Waals surface area contributed by atoms with E-state index in [1.807, 2.05) is 0 Å². The maximum Gasteiger partial charge on any atom is 0.0890 e. The lowest BCUT2D eigenvalue weighted by molar-refractivity contribution is 0.998. The molecule has 0 aliphatic heterocycles. The van der Waals surface area contributed by atoms with Gasteiger partial charge >= 0.3 is 0 Å². The van der Waals surface area contributed by atoms with Crippen molar-refractivity contribution in [3.05, 3.63) is 42.3 Å². The number of rotatable bonds is 2. The van der Waals surface area contributed by atoms with Gasteiger partial charge in [0.05, 0.1) is 13.3 Å². The highest BCUT2D eigenvalue weighted by Crippen LogP contribution is 2.04. The van der Waals surface area contributed by atoms with Crippen LogP contribution in [0.2, 0.25) is 0 Å². The molecule has 0 unspecified atom stereocenters. The van der Waals surface area contributed by atoms with Crippen LogP contribution < -0.4 is 0 Å². The minimum atomic E-state index is 0.989. The molecule has 0 saturated heterocycles. The molecule has 1 rings (SSSR count). The zero-order valence-corrected chi connectivity index (χ0v) is 6.43. The second kappa shape index (κ2) is 3.31. The Kier molecular flexibility index (Phi) is 2.38. The molecule has 10 heavy (non-hydrogen) atoms. The van der Waals surface area contributed by atoms with Crippen LogP contribution in [0.3, 0.4) is 0 Å². The van der Waals surface area contributed by atoms with Crippen molar-refractivity contribution in [1.29, 1.82) is 0 Å². The molecule has 0 amide bonds. The molecule has 0 aliphatic rings. The number of aryl methyl sites for hydroxylation is 2. The van der Waals surface area contributed by atoms with Gasteiger partial charge < -0.3 is 0 Å². The molecule has 0 N–H and O–H groups in total. The maximum absolute atomic E-state index is 3.80. The van der Waals surface area contributed by atoms with E-state index in [1.54, 1.807) is 0 Å². The maximum atomic E-state index is 3.80. The zero-order chi connectivity index (χ0) is 7.40. The summed E-state index contributed by atoms with van der Waals surface area (Å²) in [5.74, 6) is 0. The topological polar surface area (TPSA) is 0 Å². The van der Waals surface area contributed by atoms with Crippen LogP contribution in [0.1, 0.15) is 17.5 Å². The number of benzene rings is 1. The van der Waals surface area contributed by atoms with Crippen LogP contribution in [0.4, 0.5) is 0 Å². The van der Waals surface area contributed by atoms with Crippen LogP contribution in [0, 0.1) is 13.8 Å². The molecule has 0 fully saturated rings. The summed E-state index contributed by atoms with van der Waals surface area (Å²) in [6, 6.07) is 8.62. The van der Waals surface area contributed by atoms with E-state index < -0.39 is 0 Å². The van der Waals surface area contributed by atoms with Gasteiger partial charge in [0, 0.05) is 6.42 Å². The van der Waals surface area contributed by atoms with Crippen molar-refractivity contribution in [3.8, 4) is 0 Å². The van der Waals surface area contributed by atoms with Gasteiger partial charge in [-0.25, -0.2) is 0 Å². The smallest absolute Gasteiger partial charge is 0.0590 e. The van der Waals surface area contributed by atoms with E-state index in [0.29, 0.717) is 0 Å². The van der Waals surface area contributed by atoms with E-state index in [-0.39, 0.29) is 0 Å². The normalized spacial score (nSPS) is 9.70. The Morgan fingerprint density at radius 1 is 1.20 bits per heavy atom. The third-order valence-electron chi connectivity index (χ3n) is 1.59. The highest BCUT2D eigenvalue weighted by molar-refractivity contribution is 5.21. The third-order valence-corrected chi connectivity index (χ3v) is 1.59. The SMILES string of the molecule is [CH2+]CCc1ccc(C)cc1. The molecule has 1 aromatic carbocycles. The molecular weight excluding hydrogens is 120 g/mol. The zero-order valence-electron chi connectivity index (χ0n) is 6.43. The average Bonchev–Trinajstić information content (AvgIpc) is 1.95. The Hall–Kier alpha value is -0.910. The lowest BCUT2D eigenvalue weighted by atomic mass is 10.1. The van der Waals surface area contributed by atoms with Crippen molar-refractivity contribution in [2.45, 2.75) is 19.8 Å². The number of hydrogen-bond acceptors (Lipinski definition) is 0. The molecule has 0 atom stereocenters.